The van der Waals surface area contributed by atoms with Gasteiger partial charge >= 0.3 is 5.97 Å². The van der Waals surface area contributed by atoms with Crippen LogP contribution >= 0.6 is 0 Å². The quantitative estimate of drug-likeness (QED) is 0.773. The van der Waals surface area contributed by atoms with Gasteiger partial charge in [0.1, 0.15) is 11.4 Å². The second kappa shape index (κ2) is 4.97. The molecule has 1 aromatic carbocycles. The number of carbonyl (C=O) groups excluding carboxylic acids is 1. The zero-order chi connectivity index (χ0) is 14.2. The van der Waals surface area contributed by atoms with Crippen LogP contribution in [0.3, 0.4) is 0 Å². The lowest BCUT2D eigenvalue weighted by molar-refractivity contribution is -0.138. The van der Waals surface area contributed by atoms with E-state index < -0.39 is 0 Å². The molecular weight excluding hydrogens is 252 g/mol. The predicted octanol–water partition coefficient (Wildman–Crippen LogP) is 3.48. The third-order valence-corrected chi connectivity index (χ3v) is 4.29. The number of esters is 1. The number of aryl methyl sites for hydroxylation is 1. The number of hydrogen-bond donors (Lipinski definition) is 0. The average Bonchev–Trinajstić information content (AvgIpc) is 2.77. The van der Waals surface area contributed by atoms with Crippen molar-refractivity contribution in [2.75, 3.05) is 6.61 Å². The lowest BCUT2D eigenvalue weighted by atomic mass is 9.76. The summed E-state index contributed by atoms with van der Waals surface area (Å²) in [6.07, 6.45) is 3.79. The Balaban J connectivity index is 1.93. The summed E-state index contributed by atoms with van der Waals surface area (Å²) in [6, 6.07) is 8.42. The maximum atomic E-state index is 12.0. The second-order valence-electron chi connectivity index (χ2n) is 5.54. The van der Waals surface area contributed by atoms with Crippen LogP contribution in [-0.4, -0.2) is 12.6 Å². The molecule has 2 aliphatic rings. The summed E-state index contributed by atoms with van der Waals surface area (Å²) in [6.45, 7) is 4.10. The monoisotopic (exact) mass is 272 g/mol. The summed E-state index contributed by atoms with van der Waals surface area (Å²) in [5.74, 6) is 0.491. The Morgan fingerprint density at radius 3 is 3.00 bits per heavy atom. The SMILES string of the molecule is CCOC(=O)C1=C(C)OC2(CCCc3ccccc32)C1. The normalized spacial score (nSPS) is 24.5. The summed E-state index contributed by atoms with van der Waals surface area (Å²) in [4.78, 5) is 12.0. The van der Waals surface area contributed by atoms with Gasteiger partial charge in [-0.05, 0) is 44.2 Å². The Labute approximate surface area is 119 Å². The first-order valence-electron chi connectivity index (χ1n) is 7.30. The van der Waals surface area contributed by atoms with E-state index in [0.717, 1.165) is 25.0 Å². The smallest absolute Gasteiger partial charge is 0.337 e. The number of rotatable bonds is 2. The molecule has 0 radical (unpaired) electrons. The number of ether oxygens (including phenoxy) is 2. The molecule has 106 valence electrons. The van der Waals surface area contributed by atoms with Crippen LogP contribution in [0.4, 0.5) is 0 Å². The fourth-order valence-electron chi connectivity index (χ4n) is 3.41. The molecule has 1 aliphatic carbocycles. The van der Waals surface area contributed by atoms with Gasteiger partial charge in [-0.3, -0.25) is 0 Å². The van der Waals surface area contributed by atoms with Gasteiger partial charge < -0.3 is 9.47 Å². The molecular formula is C17H20O3. The Morgan fingerprint density at radius 2 is 2.20 bits per heavy atom. The van der Waals surface area contributed by atoms with Crippen LogP contribution in [0.5, 0.6) is 0 Å². The van der Waals surface area contributed by atoms with Crippen molar-refractivity contribution in [1.29, 1.82) is 0 Å². The number of allylic oxidation sites excluding steroid dienone is 1. The van der Waals surface area contributed by atoms with Crippen LogP contribution < -0.4 is 0 Å². The van der Waals surface area contributed by atoms with Gasteiger partial charge in [0.05, 0.1) is 12.2 Å². The van der Waals surface area contributed by atoms with Crippen molar-refractivity contribution >= 4 is 5.97 Å². The number of fused-ring (bicyclic) bond motifs is 2. The van der Waals surface area contributed by atoms with E-state index in [9.17, 15) is 4.79 Å². The fraction of sp³-hybridized carbons (Fsp3) is 0.471. The first-order valence-corrected chi connectivity index (χ1v) is 7.30. The molecule has 3 rings (SSSR count). The Kier molecular flexibility index (Phi) is 3.28. The van der Waals surface area contributed by atoms with E-state index in [0.29, 0.717) is 18.6 Å². The molecule has 1 unspecified atom stereocenters. The average molecular weight is 272 g/mol. The van der Waals surface area contributed by atoms with Gasteiger partial charge in [0.25, 0.3) is 0 Å². The van der Waals surface area contributed by atoms with E-state index in [1.807, 2.05) is 19.9 Å². The first-order chi connectivity index (χ1) is 9.66. The van der Waals surface area contributed by atoms with Gasteiger partial charge in [-0.25, -0.2) is 4.79 Å². The van der Waals surface area contributed by atoms with Crippen molar-refractivity contribution in [1.82, 2.24) is 0 Å². The molecule has 0 aromatic heterocycles. The number of benzene rings is 1. The lowest BCUT2D eigenvalue weighted by Crippen LogP contribution is -2.31. The zero-order valence-corrected chi connectivity index (χ0v) is 12.1. The molecule has 20 heavy (non-hydrogen) atoms. The molecule has 0 N–H and O–H groups in total. The van der Waals surface area contributed by atoms with Gasteiger partial charge in [0.15, 0.2) is 0 Å². The summed E-state index contributed by atoms with van der Waals surface area (Å²) < 4.78 is 11.3. The highest BCUT2D eigenvalue weighted by molar-refractivity contribution is 5.89. The van der Waals surface area contributed by atoms with E-state index in [4.69, 9.17) is 9.47 Å². The summed E-state index contributed by atoms with van der Waals surface area (Å²) in [5, 5.41) is 0. The Hall–Kier alpha value is -1.77. The fourth-order valence-corrected chi connectivity index (χ4v) is 3.41. The summed E-state index contributed by atoms with van der Waals surface area (Å²) in [7, 11) is 0. The lowest BCUT2D eigenvalue weighted by Gasteiger charge is -2.35. The van der Waals surface area contributed by atoms with E-state index in [-0.39, 0.29) is 11.6 Å². The van der Waals surface area contributed by atoms with Crippen molar-refractivity contribution in [3.05, 3.63) is 46.7 Å². The summed E-state index contributed by atoms with van der Waals surface area (Å²) >= 11 is 0. The van der Waals surface area contributed by atoms with Crippen LogP contribution in [0.2, 0.25) is 0 Å². The van der Waals surface area contributed by atoms with Crippen molar-refractivity contribution in [3.8, 4) is 0 Å². The molecule has 3 heteroatoms. The molecule has 1 atom stereocenters. The van der Waals surface area contributed by atoms with E-state index in [2.05, 4.69) is 18.2 Å². The van der Waals surface area contributed by atoms with Gasteiger partial charge in [-0.1, -0.05) is 24.3 Å². The van der Waals surface area contributed by atoms with E-state index >= 15 is 0 Å². The van der Waals surface area contributed by atoms with Crippen molar-refractivity contribution in [2.24, 2.45) is 0 Å². The highest BCUT2D eigenvalue weighted by Gasteiger charge is 2.45. The number of hydrogen-bond acceptors (Lipinski definition) is 3. The van der Waals surface area contributed by atoms with Gasteiger partial charge in [0, 0.05) is 6.42 Å². The highest BCUT2D eigenvalue weighted by atomic mass is 16.5. The molecule has 0 saturated carbocycles. The molecule has 1 aromatic rings. The van der Waals surface area contributed by atoms with Crippen molar-refractivity contribution in [3.63, 3.8) is 0 Å². The minimum atomic E-state index is -0.346. The Morgan fingerprint density at radius 1 is 1.40 bits per heavy atom. The van der Waals surface area contributed by atoms with Gasteiger partial charge in [-0.15, -0.1) is 0 Å². The van der Waals surface area contributed by atoms with Crippen LogP contribution in [0.1, 0.15) is 44.2 Å². The van der Waals surface area contributed by atoms with Crippen LogP contribution in [-0.2, 0) is 26.3 Å². The molecule has 3 nitrogen and oxygen atoms in total. The Bertz CT molecular complexity index is 573. The van der Waals surface area contributed by atoms with E-state index in [1.54, 1.807) is 0 Å². The van der Waals surface area contributed by atoms with E-state index in [1.165, 1.54) is 11.1 Å². The second-order valence-corrected chi connectivity index (χ2v) is 5.54. The van der Waals surface area contributed by atoms with Crippen LogP contribution in [0, 0.1) is 0 Å². The maximum absolute atomic E-state index is 12.0. The molecule has 0 fully saturated rings. The zero-order valence-electron chi connectivity index (χ0n) is 12.1. The molecule has 0 saturated heterocycles. The summed E-state index contributed by atoms with van der Waals surface area (Å²) in [5.41, 5.74) is 2.94. The third-order valence-electron chi connectivity index (χ3n) is 4.29. The van der Waals surface area contributed by atoms with Crippen LogP contribution in [0.25, 0.3) is 0 Å². The maximum Gasteiger partial charge on any atom is 0.337 e. The molecule has 0 amide bonds. The highest BCUT2D eigenvalue weighted by Crippen LogP contribution is 2.48. The van der Waals surface area contributed by atoms with Gasteiger partial charge in [0.2, 0.25) is 0 Å². The third kappa shape index (κ3) is 2.01. The molecule has 0 bridgehead atoms. The standard InChI is InChI=1S/C17H20O3/c1-3-19-16(18)14-11-17(20-12(14)2)10-6-8-13-7-4-5-9-15(13)17/h4-5,7,9H,3,6,8,10-11H2,1-2H3. The topological polar surface area (TPSA) is 35.5 Å². The van der Waals surface area contributed by atoms with Gasteiger partial charge in [-0.2, -0.15) is 0 Å². The largest absolute Gasteiger partial charge is 0.486 e. The minimum Gasteiger partial charge on any atom is -0.486 e. The molecule has 1 aliphatic heterocycles. The molecule has 1 heterocycles. The van der Waals surface area contributed by atoms with Crippen molar-refractivity contribution in [2.45, 2.75) is 45.1 Å². The van der Waals surface area contributed by atoms with Crippen molar-refractivity contribution < 1.29 is 14.3 Å². The number of carbonyl (C=O) groups is 1. The van der Waals surface area contributed by atoms with Crippen LogP contribution in [0.15, 0.2) is 35.6 Å². The first kappa shape index (κ1) is 13.2. The molecule has 1 spiro atoms. The minimum absolute atomic E-state index is 0.232. The predicted molar refractivity (Wildman–Crippen MR) is 76.1 cm³/mol.